The Hall–Kier alpha value is -1.08. The zero-order chi connectivity index (χ0) is 11.7. The summed E-state index contributed by atoms with van der Waals surface area (Å²) in [6.07, 6.45) is 1.61. The van der Waals surface area contributed by atoms with Gasteiger partial charge in [-0.25, -0.2) is 18.4 Å². The fourth-order valence-electron chi connectivity index (χ4n) is 1.71. The van der Waals surface area contributed by atoms with Gasteiger partial charge in [0, 0.05) is 12.0 Å². The molecule has 0 radical (unpaired) electrons. The first-order valence-electron chi connectivity index (χ1n) is 4.47. The van der Waals surface area contributed by atoms with Crippen LogP contribution >= 0.6 is 0 Å². The van der Waals surface area contributed by atoms with Gasteiger partial charge in [-0.2, -0.15) is 0 Å². The molecule has 0 aliphatic carbocycles. The van der Waals surface area contributed by atoms with Gasteiger partial charge in [-0.15, -0.1) is 0 Å². The van der Waals surface area contributed by atoms with Crippen LogP contribution in [-0.2, 0) is 10.0 Å². The molecule has 0 aromatic heterocycles. The number of likely N-dealkylation sites (tertiary alicyclic amines) is 1. The van der Waals surface area contributed by atoms with Crippen molar-refractivity contribution in [2.45, 2.75) is 25.3 Å². The number of primary sulfonamides is 1. The minimum absolute atomic E-state index is 0.417. The maximum absolute atomic E-state index is 10.9. The number of nitrogens with two attached hydrogens (primary N) is 1. The Morgan fingerprint density at radius 3 is 2.67 bits per heavy atom. The number of hydrogen-bond acceptors (Lipinski definition) is 3. The van der Waals surface area contributed by atoms with Gasteiger partial charge in [0.2, 0.25) is 10.0 Å². The Kier molecular flexibility index (Phi) is 3.05. The van der Waals surface area contributed by atoms with E-state index in [1.54, 1.807) is 6.92 Å². The third kappa shape index (κ3) is 2.93. The molecule has 1 heterocycles. The largest absolute Gasteiger partial charge is 0.465 e. The van der Waals surface area contributed by atoms with Gasteiger partial charge in [0.1, 0.15) is 0 Å². The summed E-state index contributed by atoms with van der Waals surface area (Å²) in [5.74, 6) is 0. The summed E-state index contributed by atoms with van der Waals surface area (Å²) < 4.78 is 21.5. The maximum Gasteiger partial charge on any atom is 0.407 e. The summed E-state index contributed by atoms with van der Waals surface area (Å²) in [4.78, 5) is 12.1. The number of hydrogen-bond donors (Lipinski definition) is 2. The number of amides is 1. The molecule has 15 heavy (non-hydrogen) atoms. The van der Waals surface area contributed by atoms with Crippen molar-refractivity contribution in [2.24, 2.45) is 5.14 Å². The van der Waals surface area contributed by atoms with E-state index in [1.165, 1.54) is 11.0 Å². The molecule has 6 nitrogen and oxygen atoms in total. The lowest BCUT2D eigenvalue weighted by molar-refractivity contribution is 0.126. The van der Waals surface area contributed by atoms with E-state index < -0.39 is 21.7 Å². The van der Waals surface area contributed by atoms with Crippen LogP contribution < -0.4 is 5.14 Å². The van der Waals surface area contributed by atoms with E-state index in [0.717, 1.165) is 11.8 Å². The normalized spacial score (nSPS) is 27.5. The molecule has 3 N–H and O–H groups in total. The molecule has 7 heteroatoms. The standard InChI is InChI=1S/C8H14N2O4S/c1-8(4-6-15(9,13)14)3-2-5-10(8)7(11)12/h4,6H,2-3,5H2,1H3,(H,11,12)(H2,9,13,14)/b6-4+/t8-/m1/s1. The van der Waals surface area contributed by atoms with E-state index in [2.05, 4.69) is 0 Å². The molecular weight excluding hydrogens is 220 g/mol. The number of nitrogens with zero attached hydrogens (tertiary/aromatic N) is 1. The molecule has 1 fully saturated rings. The Labute approximate surface area is 88.4 Å². The second kappa shape index (κ2) is 3.82. The van der Waals surface area contributed by atoms with Crippen LogP contribution in [0.15, 0.2) is 11.5 Å². The summed E-state index contributed by atoms with van der Waals surface area (Å²) in [6.45, 7) is 2.09. The molecule has 1 aliphatic heterocycles. The predicted octanol–water partition coefficient (Wildman–Crippen LogP) is 0.321. The Bertz CT molecular complexity index is 389. The lowest BCUT2D eigenvalue weighted by Gasteiger charge is -2.29. The molecule has 1 rings (SSSR count). The van der Waals surface area contributed by atoms with Gasteiger partial charge in [0.25, 0.3) is 0 Å². The van der Waals surface area contributed by atoms with E-state index >= 15 is 0 Å². The number of rotatable bonds is 2. The van der Waals surface area contributed by atoms with Crippen molar-refractivity contribution >= 4 is 16.1 Å². The molecule has 1 saturated heterocycles. The molecule has 0 aromatic rings. The predicted molar refractivity (Wildman–Crippen MR) is 54.6 cm³/mol. The summed E-state index contributed by atoms with van der Waals surface area (Å²) in [5.41, 5.74) is -0.766. The molecule has 86 valence electrons. The molecule has 0 aromatic carbocycles. The van der Waals surface area contributed by atoms with Gasteiger partial charge in [0.15, 0.2) is 0 Å². The van der Waals surface area contributed by atoms with Crippen molar-refractivity contribution in [1.29, 1.82) is 0 Å². The van der Waals surface area contributed by atoms with Gasteiger partial charge in [-0.05, 0) is 25.8 Å². The average molecular weight is 234 g/mol. The van der Waals surface area contributed by atoms with E-state index in [0.29, 0.717) is 13.0 Å². The van der Waals surface area contributed by atoms with Crippen molar-refractivity contribution in [3.63, 3.8) is 0 Å². The maximum atomic E-state index is 10.9. The minimum atomic E-state index is -3.70. The first-order valence-corrected chi connectivity index (χ1v) is 6.08. The second-order valence-corrected chi connectivity index (χ2v) is 5.24. The monoisotopic (exact) mass is 234 g/mol. The van der Waals surface area contributed by atoms with E-state index in [9.17, 15) is 13.2 Å². The Morgan fingerprint density at radius 1 is 1.60 bits per heavy atom. The van der Waals surface area contributed by atoms with Gasteiger partial charge >= 0.3 is 6.09 Å². The molecule has 0 spiro atoms. The van der Waals surface area contributed by atoms with Gasteiger partial charge < -0.3 is 5.11 Å². The van der Waals surface area contributed by atoms with Crippen molar-refractivity contribution in [2.75, 3.05) is 6.54 Å². The fraction of sp³-hybridized carbons (Fsp3) is 0.625. The molecular formula is C8H14N2O4S. The molecule has 0 unspecified atom stereocenters. The molecule has 0 saturated carbocycles. The zero-order valence-corrected chi connectivity index (χ0v) is 9.20. The summed E-state index contributed by atoms with van der Waals surface area (Å²) in [7, 11) is -3.70. The Balaban J connectivity index is 2.91. The van der Waals surface area contributed by atoms with Crippen LogP contribution in [0.3, 0.4) is 0 Å². The highest BCUT2D eigenvalue weighted by Gasteiger charge is 2.37. The van der Waals surface area contributed by atoms with Crippen molar-refractivity contribution in [3.05, 3.63) is 11.5 Å². The van der Waals surface area contributed by atoms with E-state index in [-0.39, 0.29) is 0 Å². The average Bonchev–Trinajstić information content (AvgIpc) is 2.44. The molecule has 1 atom stereocenters. The van der Waals surface area contributed by atoms with Crippen LogP contribution in [0.2, 0.25) is 0 Å². The summed E-state index contributed by atoms with van der Waals surface area (Å²) in [5, 5.41) is 14.6. The quantitative estimate of drug-likeness (QED) is 0.718. The first kappa shape index (κ1) is 12.0. The lowest BCUT2D eigenvalue weighted by atomic mass is 10.00. The van der Waals surface area contributed by atoms with E-state index in [1.807, 2.05) is 0 Å². The minimum Gasteiger partial charge on any atom is -0.465 e. The van der Waals surface area contributed by atoms with Crippen LogP contribution in [0.5, 0.6) is 0 Å². The molecule has 1 aliphatic rings. The molecule has 0 bridgehead atoms. The van der Waals surface area contributed by atoms with Gasteiger partial charge in [-0.3, -0.25) is 4.90 Å². The smallest absolute Gasteiger partial charge is 0.407 e. The van der Waals surface area contributed by atoms with Crippen LogP contribution in [0.4, 0.5) is 4.79 Å². The second-order valence-electron chi connectivity index (χ2n) is 3.79. The zero-order valence-electron chi connectivity index (χ0n) is 8.38. The van der Waals surface area contributed by atoms with Crippen molar-refractivity contribution in [3.8, 4) is 0 Å². The topological polar surface area (TPSA) is 101 Å². The third-order valence-corrected chi connectivity index (χ3v) is 3.04. The summed E-state index contributed by atoms with van der Waals surface area (Å²) in [6, 6.07) is 0. The highest BCUT2D eigenvalue weighted by atomic mass is 32.2. The van der Waals surface area contributed by atoms with Crippen molar-refractivity contribution < 1.29 is 18.3 Å². The number of carbonyl (C=O) groups is 1. The third-order valence-electron chi connectivity index (χ3n) is 2.53. The first-order chi connectivity index (χ1) is 6.75. The summed E-state index contributed by atoms with van der Waals surface area (Å²) >= 11 is 0. The van der Waals surface area contributed by atoms with Gasteiger partial charge in [-0.1, -0.05) is 0 Å². The number of sulfonamides is 1. The van der Waals surface area contributed by atoms with Crippen LogP contribution in [0.1, 0.15) is 19.8 Å². The fourth-order valence-corrected chi connectivity index (χ4v) is 2.20. The van der Waals surface area contributed by atoms with Gasteiger partial charge in [0.05, 0.1) is 5.54 Å². The van der Waals surface area contributed by atoms with E-state index in [4.69, 9.17) is 10.2 Å². The highest BCUT2D eigenvalue weighted by molar-refractivity contribution is 7.92. The highest BCUT2D eigenvalue weighted by Crippen LogP contribution is 2.30. The van der Waals surface area contributed by atoms with Crippen molar-refractivity contribution in [1.82, 2.24) is 4.90 Å². The number of carboxylic acid groups (broad SMARTS) is 1. The van der Waals surface area contributed by atoms with Crippen LogP contribution in [-0.4, -0.2) is 36.6 Å². The lowest BCUT2D eigenvalue weighted by Crippen LogP contribution is -2.42. The van der Waals surface area contributed by atoms with Crippen LogP contribution in [0.25, 0.3) is 0 Å². The van der Waals surface area contributed by atoms with Crippen LogP contribution in [0, 0.1) is 0 Å². The molecule has 1 amide bonds. The SMILES string of the molecule is C[C@]1(/C=C/S(N)(=O)=O)CCCN1C(=O)O. The Morgan fingerprint density at radius 2 is 2.20 bits per heavy atom.